The largest absolute Gasteiger partial charge is 0.378 e. The molecule has 0 aliphatic carbocycles. The minimum Gasteiger partial charge on any atom is -0.378 e. The molecule has 0 spiro atoms. The van der Waals surface area contributed by atoms with E-state index >= 15 is 0 Å². The highest BCUT2D eigenvalue weighted by atomic mass is 32.1. The summed E-state index contributed by atoms with van der Waals surface area (Å²) >= 11 is 1.68. The molecule has 0 bridgehead atoms. The van der Waals surface area contributed by atoms with Crippen LogP contribution in [0.4, 0.5) is 10.8 Å². The number of aryl methyl sites for hydroxylation is 1. The maximum absolute atomic E-state index is 13.0. The molecule has 1 fully saturated rings. The van der Waals surface area contributed by atoms with E-state index in [1.165, 1.54) is 0 Å². The summed E-state index contributed by atoms with van der Waals surface area (Å²) in [6.07, 6.45) is 0. The Morgan fingerprint density at radius 2 is 1.75 bits per heavy atom. The molecule has 0 N–H and O–H groups in total. The summed E-state index contributed by atoms with van der Waals surface area (Å²) < 4.78 is 3.03. The summed E-state index contributed by atoms with van der Waals surface area (Å²) in [5, 5.41) is 5.68. The first-order valence-corrected chi connectivity index (χ1v) is 11.6. The van der Waals surface area contributed by atoms with Crippen molar-refractivity contribution >= 4 is 38.4 Å². The van der Waals surface area contributed by atoms with Gasteiger partial charge in [-0.25, -0.2) is 4.68 Å². The number of aromatic nitrogens is 3. The molecule has 0 saturated carbocycles. The normalized spacial score (nSPS) is 14.2. The lowest BCUT2D eigenvalue weighted by atomic mass is 10.1. The van der Waals surface area contributed by atoms with Gasteiger partial charge >= 0.3 is 0 Å². The fourth-order valence-corrected chi connectivity index (χ4v) is 5.05. The SMILES string of the molecule is Cc1nn(-c2ccccc2)c2nc(N3CCN(C(=O)c4cccc(N(C)C)c4)CC3)sc12. The monoisotopic (exact) mass is 446 g/mol. The summed E-state index contributed by atoms with van der Waals surface area (Å²) in [6, 6.07) is 17.9. The van der Waals surface area contributed by atoms with E-state index in [0.717, 1.165) is 51.2 Å². The Morgan fingerprint density at radius 1 is 1.00 bits per heavy atom. The number of thiazole rings is 1. The van der Waals surface area contributed by atoms with Crippen LogP contribution in [-0.4, -0.2) is 65.8 Å². The van der Waals surface area contributed by atoms with Crippen molar-refractivity contribution in [3.63, 3.8) is 0 Å². The number of hydrogen-bond donors (Lipinski definition) is 0. The first kappa shape index (κ1) is 20.5. The predicted molar refractivity (Wildman–Crippen MR) is 130 cm³/mol. The highest BCUT2D eigenvalue weighted by molar-refractivity contribution is 7.22. The van der Waals surface area contributed by atoms with Crippen LogP contribution in [0.5, 0.6) is 0 Å². The average molecular weight is 447 g/mol. The van der Waals surface area contributed by atoms with Gasteiger partial charge in [0.2, 0.25) is 0 Å². The van der Waals surface area contributed by atoms with Crippen molar-refractivity contribution < 1.29 is 4.79 Å². The van der Waals surface area contributed by atoms with E-state index in [1.54, 1.807) is 11.3 Å². The molecule has 32 heavy (non-hydrogen) atoms. The molecule has 0 unspecified atom stereocenters. The smallest absolute Gasteiger partial charge is 0.254 e. The number of rotatable bonds is 4. The van der Waals surface area contributed by atoms with Crippen LogP contribution < -0.4 is 9.80 Å². The van der Waals surface area contributed by atoms with Gasteiger partial charge < -0.3 is 14.7 Å². The quantitative estimate of drug-likeness (QED) is 0.477. The molecule has 2 aromatic carbocycles. The van der Waals surface area contributed by atoms with Gasteiger partial charge in [0.25, 0.3) is 5.91 Å². The lowest BCUT2D eigenvalue weighted by Gasteiger charge is -2.34. The molecule has 0 atom stereocenters. The van der Waals surface area contributed by atoms with Gasteiger partial charge in [-0.05, 0) is 37.3 Å². The molecule has 164 valence electrons. The number of para-hydroxylation sites is 1. The Labute approximate surface area is 191 Å². The van der Waals surface area contributed by atoms with Crippen molar-refractivity contribution in [2.24, 2.45) is 0 Å². The zero-order chi connectivity index (χ0) is 22.2. The van der Waals surface area contributed by atoms with Gasteiger partial charge in [0, 0.05) is 51.5 Å². The number of carbonyl (C=O) groups is 1. The Bertz CT molecular complexity index is 1250. The third-order valence-electron chi connectivity index (χ3n) is 5.82. The van der Waals surface area contributed by atoms with E-state index in [2.05, 4.69) is 10.00 Å². The van der Waals surface area contributed by atoms with Gasteiger partial charge in [0.15, 0.2) is 10.8 Å². The van der Waals surface area contributed by atoms with Crippen molar-refractivity contribution in [2.75, 3.05) is 50.1 Å². The molecule has 5 rings (SSSR count). The number of carbonyl (C=O) groups excluding carboxylic acids is 1. The van der Waals surface area contributed by atoms with Crippen molar-refractivity contribution in [1.29, 1.82) is 0 Å². The fourth-order valence-electron chi connectivity index (χ4n) is 4.01. The second-order valence-electron chi connectivity index (χ2n) is 8.21. The molecule has 1 aliphatic rings. The number of amides is 1. The molecule has 1 amide bonds. The standard InChI is InChI=1S/C24H26N6OS/c1-17-21-22(30(26-17)19-9-5-4-6-10-19)25-24(32-21)29-14-12-28(13-15-29)23(31)18-8-7-11-20(16-18)27(2)3/h4-11,16H,12-15H2,1-3H3. The van der Waals surface area contributed by atoms with E-state index in [1.807, 2.05) is 90.1 Å². The first-order chi connectivity index (χ1) is 15.5. The van der Waals surface area contributed by atoms with Crippen LogP contribution in [0.3, 0.4) is 0 Å². The molecule has 0 radical (unpaired) electrons. The number of anilines is 2. The van der Waals surface area contributed by atoms with Crippen LogP contribution in [0.15, 0.2) is 54.6 Å². The topological polar surface area (TPSA) is 57.5 Å². The summed E-state index contributed by atoms with van der Waals surface area (Å²) in [7, 11) is 3.97. The third-order valence-corrected chi connectivity index (χ3v) is 7.04. The predicted octanol–water partition coefficient (Wildman–Crippen LogP) is 3.82. The molecular weight excluding hydrogens is 420 g/mol. The van der Waals surface area contributed by atoms with Crippen LogP contribution in [0.2, 0.25) is 0 Å². The Balaban J connectivity index is 1.32. The summed E-state index contributed by atoms with van der Waals surface area (Å²) in [4.78, 5) is 24.2. The molecule has 3 heterocycles. The van der Waals surface area contributed by atoms with Crippen molar-refractivity contribution in [3.05, 3.63) is 65.9 Å². The Morgan fingerprint density at radius 3 is 2.47 bits per heavy atom. The zero-order valence-corrected chi connectivity index (χ0v) is 19.3. The van der Waals surface area contributed by atoms with Crippen LogP contribution in [-0.2, 0) is 0 Å². The van der Waals surface area contributed by atoms with E-state index in [0.29, 0.717) is 13.1 Å². The van der Waals surface area contributed by atoms with Crippen molar-refractivity contribution in [3.8, 4) is 5.69 Å². The van der Waals surface area contributed by atoms with E-state index in [-0.39, 0.29) is 5.91 Å². The summed E-state index contributed by atoms with van der Waals surface area (Å²) in [6.45, 7) is 4.94. The lowest BCUT2D eigenvalue weighted by Crippen LogP contribution is -2.48. The summed E-state index contributed by atoms with van der Waals surface area (Å²) in [5.74, 6) is 0.0909. The molecule has 2 aromatic heterocycles. The number of piperazine rings is 1. The average Bonchev–Trinajstić information content (AvgIpc) is 3.40. The Hall–Kier alpha value is -3.39. The molecule has 7 nitrogen and oxygen atoms in total. The number of hydrogen-bond acceptors (Lipinski definition) is 6. The highest BCUT2D eigenvalue weighted by Crippen LogP contribution is 2.33. The van der Waals surface area contributed by atoms with Crippen LogP contribution >= 0.6 is 11.3 Å². The number of fused-ring (bicyclic) bond motifs is 1. The summed E-state index contributed by atoms with van der Waals surface area (Å²) in [5.41, 5.74) is 4.67. The molecule has 4 aromatic rings. The van der Waals surface area contributed by atoms with Gasteiger partial charge in [0.05, 0.1) is 16.1 Å². The molecule has 1 aliphatic heterocycles. The van der Waals surface area contributed by atoms with Gasteiger partial charge in [-0.1, -0.05) is 35.6 Å². The highest BCUT2D eigenvalue weighted by Gasteiger charge is 2.25. The van der Waals surface area contributed by atoms with Gasteiger partial charge in [0.1, 0.15) is 0 Å². The third kappa shape index (κ3) is 3.71. The van der Waals surface area contributed by atoms with Crippen LogP contribution in [0, 0.1) is 6.92 Å². The number of nitrogens with zero attached hydrogens (tertiary/aromatic N) is 6. The van der Waals surface area contributed by atoms with E-state index in [4.69, 9.17) is 4.98 Å². The maximum atomic E-state index is 13.0. The zero-order valence-electron chi connectivity index (χ0n) is 18.5. The van der Waals surface area contributed by atoms with Gasteiger partial charge in [-0.2, -0.15) is 10.1 Å². The fraction of sp³-hybridized carbons (Fsp3) is 0.292. The maximum Gasteiger partial charge on any atom is 0.254 e. The Kier molecular flexibility index (Phi) is 5.30. The first-order valence-electron chi connectivity index (χ1n) is 10.7. The van der Waals surface area contributed by atoms with Gasteiger partial charge in [-0.3, -0.25) is 4.79 Å². The van der Waals surface area contributed by atoms with E-state index < -0.39 is 0 Å². The lowest BCUT2D eigenvalue weighted by molar-refractivity contribution is 0.0747. The van der Waals surface area contributed by atoms with Crippen LogP contribution in [0.25, 0.3) is 16.0 Å². The van der Waals surface area contributed by atoms with E-state index in [9.17, 15) is 4.79 Å². The molecular formula is C24H26N6OS. The molecule has 8 heteroatoms. The van der Waals surface area contributed by atoms with Crippen molar-refractivity contribution in [2.45, 2.75) is 6.92 Å². The molecule has 1 saturated heterocycles. The van der Waals surface area contributed by atoms with Crippen molar-refractivity contribution in [1.82, 2.24) is 19.7 Å². The minimum absolute atomic E-state index is 0.0909. The minimum atomic E-state index is 0.0909. The van der Waals surface area contributed by atoms with Crippen LogP contribution in [0.1, 0.15) is 16.1 Å². The number of benzene rings is 2. The van der Waals surface area contributed by atoms with Gasteiger partial charge in [-0.15, -0.1) is 0 Å². The second-order valence-corrected chi connectivity index (χ2v) is 9.18. The second kappa shape index (κ2) is 8.27.